The molecule has 1 aliphatic rings. The molecule has 1 aromatic heterocycles. The summed E-state index contributed by atoms with van der Waals surface area (Å²) in [5.74, 6) is 1.08. The van der Waals surface area contributed by atoms with Crippen molar-refractivity contribution in [3.63, 3.8) is 0 Å². The largest absolute Gasteiger partial charge is 0.493 e. The number of aliphatic hydroxyl groups excluding tert-OH is 1. The van der Waals surface area contributed by atoms with E-state index in [1.165, 1.54) is 0 Å². The van der Waals surface area contributed by atoms with Crippen molar-refractivity contribution in [2.45, 2.75) is 5.92 Å². The molecular formula is C26H27N3O5. The van der Waals surface area contributed by atoms with Gasteiger partial charge < -0.3 is 34.5 Å². The van der Waals surface area contributed by atoms with E-state index in [0.717, 1.165) is 33.1 Å². The van der Waals surface area contributed by atoms with Gasteiger partial charge >= 0.3 is 0 Å². The highest BCUT2D eigenvalue weighted by molar-refractivity contribution is 6.12. The van der Waals surface area contributed by atoms with Gasteiger partial charge in [0.15, 0.2) is 11.5 Å². The summed E-state index contributed by atoms with van der Waals surface area (Å²) in [6, 6.07) is 13.6. The molecule has 0 bridgehead atoms. The summed E-state index contributed by atoms with van der Waals surface area (Å²) in [4.78, 5) is 18.7. The zero-order chi connectivity index (χ0) is 24.0. The summed E-state index contributed by atoms with van der Waals surface area (Å²) >= 11 is 0. The summed E-state index contributed by atoms with van der Waals surface area (Å²) in [6.45, 7) is 0.343. The Morgan fingerprint density at radius 1 is 1.09 bits per heavy atom. The topological polar surface area (TPSA) is 96.1 Å². The molecule has 3 N–H and O–H groups in total. The van der Waals surface area contributed by atoms with E-state index in [-0.39, 0.29) is 18.4 Å². The van der Waals surface area contributed by atoms with Crippen LogP contribution in [0.3, 0.4) is 0 Å². The molecule has 0 saturated heterocycles. The van der Waals surface area contributed by atoms with Gasteiger partial charge in [-0.3, -0.25) is 4.79 Å². The number of carbonyl (C=O) groups excluding carboxylic acids is 1. The van der Waals surface area contributed by atoms with Crippen molar-refractivity contribution < 1.29 is 24.1 Å². The Balaban J connectivity index is 1.65. The number of anilines is 2. The zero-order valence-corrected chi connectivity index (χ0v) is 19.6. The molecule has 0 spiro atoms. The number of fused-ring (bicyclic) bond motifs is 4. The van der Waals surface area contributed by atoms with Gasteiger partial charge in [0.25, 0.3) is 5.91 Å². The average Bonchev–Trinajstić information content (AvgIpc) is 3.47. The second kappa shape index (κ2) is 8.46. The number of hydrogen-bond acceptors (Lipinski definition) is 6. The quantitative estimate of drug-likeness (QED) is 0.400. The number of ether oxygens (including phenoxy) is 3. The highest BCUT2D eigenvalue weighted by Crippen LogP contribution is 2.46. The first-order chi connectivity index (χ1) is 16.6. The van der Waals surface area contributed by atoms with Crippen molar-refractivity contribution in [1.82, 2.24) is 4.98 Å². The van der Waals surface area contributed by atoms with E-state index in [1.54, 1.807) is 32.3 Å². The Morgan fingerprint density at radius 2 is 1.82 bits per heavy atom. The minimum atomic E-state index is -0.189. The third kappa shape index (κ3) is 3.13. The summed E-state index contributed by atoms with van der Waals surface area (Å²) < 4.78 is 16.5. The molecule has 8 nitrogen and oxygen atoms in total. The number of methoxy groups -OCH3 is 3. The second-order valence-electron chi connectivity index (χ2n) is 8.24. The molecule has 1 unspecified atom stereocenters. The molecular weight excluding hydrogens is 434 g/mol. The first-order valence-corrected chi connectivity index (χ1v) is 11.0. The van der Waals surface area contributed by atoms with Crippen LogP contribution in [0.25, 0.3) is 21.7 Å². The Kier molecular flexibility index (Phi) is 5.45. The average molecular weight is 462 g/mol. The number of hydrogen-bond donors (Lipinski definition) is 3. The molecule has 0 fully saturated rings. The number of H-pyrrole nitrogens is 1. The Morgan fingerprint density at radius 3 is 2.47 bits per heavy atom. The van der Waals surface area contributed by atoms with Crippen LogP contribution >= 0.6 is 0 Å². The van der Waals surface area contributed by atoms with Crippen molar-refractivity contribution in [3.05, 3.63) is 53.7 Å². The molecule has 1 amide bonds. The number of nitrogens with zero attached hydrogens (tertiary/aromatic N) is 1. The van der Waals surface area contributed by atoms with Crippen LogP contribution in [0, 0.1) is 0 Å². The fourth-order valence-corrected chi connectivity index (χ4v) is 5.00. The van der Waals surface area contributed by atoms with E-state index in [4.69, 9.17) is 14.2 Å². The number of rotatable bonds is 6. The van der Waals surface area contributed by atoms with Crippen LogP contribution in [-0.2, 0) is 0 Å². The molecule has 0 aliphatic carbocycles. The first kappa shape index (κ1) is 21.9. The lowest BCUT2D eigenvalue weighted by Crippen LogP contribution is -2.30. The number of aromatic nitrogens is 1. The van der Waals surface area contributed by atoms with Crippen LogP contribution in [-0.4, -0.2) is 57.5 Å². The molecule has 0 saturated carbocycles. The fourth-order valence-electron chi connectivity index (χ4n) is 5.00. The van der Waals surface area contributed by atoms with Gasteiger partial charge in [0.05, 0.1) is 39.1 Å². The van der Waals surface area contributed by atoms with E-state index in [9.17, 15) is 9.90 Å². The minimum absolute atomic E-state index is 0.0470. The molecule has 2 heterocycles. The molecule has 1 atom stereocenters. The first-order valence-electron chi connectivity index (χ1n) is 11.0. The molecule has 5 rings (SSSR count). The number of aromatic amines is 1. The van der Waals surface area contributed by atoms with E-state index < -0.39 is 0 Å². The SMILES string of the molecule is CNc1cc2c(c3ccccc13)C(CO)CN2C(=O)c1cc2cc(OC)c(OC)c(OC)c2[nH]1. The Hall–Kier alpha value is -3.91. The third-order valence-corrected chi connectivity index (χ3v) is 6.55. The third-order valence-electron chi connectivity index (χ3n) is 6.55. The van der Waals surface area contributed by atoms with Gasteiger partial charge in [-0.25, -0.2) is 0 Å². The van der Waals surface area contributed by atoms with Crippen molar-refractivity contribution >= 4 is 39.0 Å². The van der Waals surface area contributed by atoms with Gasteiger partial charge in [0.2, 0.25) is 5.75 Å². The van der Waals surface area contributed by atoms with Crippen molar-refractivity contribution in [2.75, 3.05) is 51.7 Å². The summed E-state index contributed by atoms with van der Waals surface area (Å²) in [6.07, 6.45) is 0. The molecule has 4 aromatic rings. The molecule has 1 aliphatic heterocycles. The lowest BCUT2D eigenvalue weighted by atomic mass is 9.94. The second-order valence-corrected chi connectivity index (χ2v) is 8.24. The lowest BCUT2D eigenvalue weighted by Gasteiger charge is -2.18. The van der Waals surface area contributed by atoms with Gasteiger partial charge in [-0.1, -0.05) is 24.3 Å². The van der Waals surface area contributed by atoms with Gasteiger partial charge in [-0.05, 0) is 29.1 Å². The van der Waals surface area contributed by atoms with Gasteiger partial charge in [0.1, 0.15) is 5.69 Å². The predicted molar refractivity (Wildman–Crippen MR) is 133 cm³/mol. The number of carbonyl (C=O) groups is 1. The number of nitrogens with one attached hydrogen (secondary N) is 2. The predicted octanol–water partition coefficient (Wildman–Crippen LogP) is 4.12. The van der Waals surface area contributed by atoms with Crippen LogP contribution in [0.5, 0.6) is 17.2 Å². The fraction of sp³-hybridized carbons (Fsp3) is 0.269. The van der Waals surface area contributed by atoms with Crippen LogP contribution in [0.1, 0.15) is 22.0 Å². The van der Waals surface area contributed by atoms with Crippen molar-refractivity contribution in [1.29, 1.82) is 0 Å². The maximum Gasteiger partial charge on any atom is 0.274 e. The van der Waals surface area contributed by atoms with Crippen LogP contribution < -0.4 is 24.4 Å². The van der Waals surface area contributed by atoms with E-state index in [1.807, 2.05) is 43.4 Å². The Labute approximate surface area is 197 Å². The zero-order valence-electron chi connectivity index (χ0n) is 19.6. The van der Waals surface area contributed by atoms with Gasteiger partial charge in [-0.15, -0.1) is 0 Å². The highest BCUT2D eigenvalue weighted by atomic mass is 16.5. The summed E-state index contributed by atoms with van der Waals surface area (Å²) in [5.41, 5.74) is 3.78. The summed E-state index contributed by atoms with van der Waals surface area (Å²) in [7, 11) is 6.51. The van der Waals surface area contributed by atoms with Crippen molar-refractivity contribution in [2.24, 2.45) is 0 Å². The monoisotopic (exact) mass is 461 g/mol. The summed E-state index contributed by atoms with van der Waals surface area (Å²) in [5, 5.41) is 16.3. The number of amides is 1. The minimum Gasteiger partial charge on any atom is -0.493 e. The van der Waals surface area contributed by atoms with Crippen LogP contribution in [0.2, 0.25) is 0 Å². The van der Waals surface area contributed by atoms with Crippen molar-refractivity contribution in [3.8, 4) is 17.2 Å². The molecule has 3 aromatic carbocycles. The lowest BCUT2D eigenvalue weighted by molar-refractivity contribution is 0.0983. The van der Waals surface area contributed by atoms with E-state index in [0.29, 0.717) is 35.0 Å². The number of benzene rings is 3. The standard InChI is InChI=1S/C26H27N3O5/c1-27-18-11-20-22(17-8-6-5-7-16(17)18)15(13-30)12-29(20)26(31)19-9-14-10-21(32-2)24(33-3)25(34-4)23(14)28-19/h5-11,15,27-28,30H,12-13H2,1-4H3. The van der Waals surface area contributed by atoms with E-state index in [2.05, 4.69) is 10.3 Å². The molecule has 176 valence electrons. The van der Waals surface area contributed by atoms with Gasteiger partial charge in [-0.2, -0.15) is 0 Å². The number of aliphatic hydroxyl groups is 1. The molecule has 34 heavy (non-hydrogen) atoms. The smallest absolute Gasteiger partial charge is 0.274 e. The normalized spacial score (nSPS) is 15.0. The maximum absolute atomic E-state index is 13.8. The van der Waals surface area contributed by atoms with Crippen LogP contribution in [0.15, 0.2) is 42.5 Å². The van der Waals surface area contributed by atoms with Crippen LogP contribution in [0.4, 0.5) is 11.4 Å². The molecule has 0 radical (unpaired) electrons. The molecule has 8 heteroatoms. The Bertz CT molecular complexity index is 1410. The van der Waals surface area contributed by atoms with E-state index >= 15 is 0 Å². The van der Waals surface area contributed by atoms with Gasteiger partial charge in [0, 0.05) is 36.0 Å². The maximum atomic E-state index is 13.8. The highest BCUT2D eigenvalue weighted by Gasteiger charge is 2.35.